The summed E-state index contributed by atoms with van der Waals surface area (Å²) < 4.78 is 0. The highest BCUT2D eigenvalue weighted by molar-refractivity contribution is 6.21. The summed E-state index contributed by atoms with van der Waals surface area (Å²) in [7, 11) is 0. The van der Waals surface area contributed by atoms with E-state index in [2.05, 4.69) is 170 Å². The maximum Gasteiger partial charge on any atom is 0.0753 e. The molecule has 1 aromatic heterocycles. The summed E-state index contributed by atoms with van der Waals surface area (Å²) in [5, 5.41) is 5.04. The Morgan fingerprint density at radius 1 is 0.378 bits per heavy atom. The lowest BCUT2D eigenvalue weighted by Crippen LogP contribution is -2.28. The molecule has 9 rings (SSSR count). The van der Waals surface area contributed by atoms with Gasteiger partial charge in [-0.1, -0.05) is 158 Å². The molecule has 0 aliphatic heterocycles. The van der Waals surface area contributed by atoms with Crippen LogP contribution < -0.4 is 0 Å². The van der Waals surface area contributed by atoms with E-state index in [4.69, 9.17) is 4.98 Å². The minimum absolute atomic E-state index is 0.493. The largest absolute Gasteiger partial charge is 0.256 e. The minimum Gasteiger partial charge on any atom is -0.256 e. The highest BCUT2D eigenvalue weighted by Gasteiger charge is 2.46. The lowest BCUT2D eigenvalue weighted by molar-refractivity contribution is 0.766. The molecule has 1 heteroatoms. The third-order valence-corrected chi connectivity index (χ3v) is 9.59. The molecular weight excluding hydrogens is 542 g/mol. The first-order valence-electron chi connectivity index (χ1n) is 15.6. The maximum absolute atomic E-state index is 4.99. The van der Waals surface area contributed by atoms with Gasteiger partial charge in [0.25, 0.3) is 0 Å². The van der Waals surface area contributed by atoms with Crippen molar-refractivity contribution < 1.29 is 0 Å². The number of benzene rings is 7. The number of nitrogens with zero attached hydrogens (tertiary/aromatic N) is 1. The van der Waals surface area contributed by atoms with Crippen LogP contribution in [0.2, 0.25) is 0 Å². The molecule has 1 nitrogen and oxygen atoms in total. The van der Waals surface area contributed by atoms with Crippen molar-refractivity contribution in [2.45, 2.75) is 5.41 Å². The fraction of sp³-hybridized carbons (Fsp3) is 0.0227. The highest BCUT2D eigenvalue weighted by atomic mass is 14.7. The van der Waals surface area contributed by atoms with E-state index in [1.54, 1.807) is 0 Å². The Kier molecular flexibility index (Phi) is 5.79. The van der Waals surface area contributed by atoms with Crippen LogP contribution in [-0.4, -0.2) is 4.98 Å². The van der Waals surface area contributed by atoms with Gasteiger partial charge in [0.2, 0.25) is 0 Å². The first-order valence-corrected chi connectivity index (χ1v) is 15.6. The van der Waals surface area contributed by atoms with Gasteiger partial charge in [-0.3, -0.25) is 4.98 Å². The molecule has 0 N–H and O–H groups in total. The van der Waals surface area contributed by atoms with Crippen LogP contribution in [0, 0.1) is 0 Å². The zero-order chi connectivity index (χ0) is 29.8. The Labute approximate surface area is 263 Å². The molecule has 7 aromatic carbocycles. The predicted molar refractivity (Wildman–Crippen MR) is 187 cm³/mol. The predicted octanol–water partition coefficient (Wildman–Crippen LogP) is 11.1. The van der Waals surface area contributed by atoms with E-state index >= 15 is 0 Å². The van der Waals surface area contributed by atoms with Gasteiger partial charge in [-0.05, 0) is 78.2 Å². The van der Waals surface area contributed by atoms with E-state index in [0.717, 1.165) is 5.69 Å². The number of pyridine rings is 1. The molecule has 0 bridgehead atoms. The fourth-order valence-electron chi connectivity index (χ4n) is 7.80. The lowest BCUT2D eigenvalue weighted by Gasteiger charge is -2.33. The zero-order valence-corrected chi connectivity index (χ0v) is 24.7. The average molecular weight is 572 g/mol. The number of rotatable bonds is 4. The Balaban J connectivity index is 1.41. The second kappa shape index (κ2) is 10.1. The van der Waals surface area contributed by atoms with Gasteiger partial charge in [-0.2, -0.15) is 0 Å². The lowest BCUT2D eigenvalue weighted by atomic mass is 9.67. The van der Waals surface area contributed by atoms with Crippen LogP contribution in [0.3, 0.4) is 0 Å². The topological polar surface area (TPSA) is 12.9 Å². The summed E-state index contributed by atoms with van der Waals surface area (Å²) in [6, 6.07) is 61.9. The molecule has 0 saturated heterocycles. The molecule has 1 aliphatic carbocycles. The van der Waals surface area contributed by atoms with E-state index < -0.39 is 5.41 Å². The highest BCUT2D eigenvalue weighted by Crippen LogP contribution is 2.56. The van der Waals surface area contributed by atoms with Gasteiger partial charge in [-0.15, -0.1) is 0 Å². The van der Waals surface area contributed by atoms with Gasteiger partial charge in [0.15, 0.2) is 0 Å². The summed E-state index contributed by atoms with van der Waals surface area (Å²) in [5.41, 5.74) is 11.7. The summed E-state index contributed by atoms with van der Waals surface area (Å²) in [4.78, 5) is 4.99. The molecule has 0 radical (unpaired) electrons. The Hall–Kier alpha value is -5.79. The second-order valence-electron chi connectivity index (χ2n) is 11.8. The summed E-state index contributed by atoms with van der Waals surface area (Å²) in [5.74, 6) is 0. The van der Waals surface area contributed by atoms with Crippen molar-refractivity contribution in [3.63, 3.8) is 0 Å². The molecule has 210 valence electrons. The van der Waals surface area contributed by atoms with Crippen LogP contribution in [0.4, 0.5) is 0 Å². The van der Waals surface area contributed by atoms with Crippen LogP contribution in [-0.2, 0) is 5.41 Å². The van der Waals surface area contributed by atoms with E-state index in [1.807, 2.05) is 6.20 Å². The molecule has 1 heterocycles. The Morgan fingerprint density at radius 2 is 0.867 bits per heavy atom. The monoisotopic (exact) mass is 571 g/mol. The van der Waals surface area contributed by atoms with Crippen LogP contribution >= 0.6 is 0 Å². The molecule has 0 atom stereocenters. The van der Waals surface area contributed by atoms with Crippen molar-refractivity contribution in [2.75, 3.05) is 0 Å². The minimum atomic E-state index is -0.493. The number of aromatic nitrogens is 1. The third kappa shape index (κ3) is 3.71. The summed E-state index contributed by atoms with van der Waals surface area (Å²) in [6.07, 6.45) is 1.92. The van der Waals surface area contributed by atoms with Crippen molar-refractivity contribution >= 4 is 21.5 Å². The van der Waals surface area contributed by atoms with Crippen molar-refractivity contribution in [3.05, 3.63) is 198 Å². The molecule has 1 aliphatic rings. The average Bonchev–Trinajstić information content (AvgIpc) is 3.42. The van der Waals surface area contributed by atoms with Gasteiger partial charge in [0.05, 0.1) is 11.1 Å². The van der Waals surface area contributed by atoms with Crippen molar-refractivity contribution in [1.82, 2.24) is 4.98 Å². The van der Waals surface area contributed by atoms with Crippen LogP contribution in [0.25, 0.3) is 55.1 Å². The molecule has 45 heavy (non-hydrogen) atoms. The first kappa shape index (κ1) is 25.7. The number of fused-ring (bicyclic) bond motifs is 5. The van der Waals surface area contributed by atoms with Gasteiger partial charge >= 0.3 is 0 Å². The normalized spacial score (nSPS) is 13.1. The van der Waals surface area contributed by atoms with Crippen LogP contribution in [0.5, 0.6) is 0 Å². The standard InChI is InChI=1S/C44H29N/c1-4-15-30(16-5-1)41-34-21-10-12-23-36(34)42(37-24-13-11-22-35(37)41)31-26-27-38-40(29-31)44(32-17-6-2-7-18-32,33-19-8-3-9-20-33)39-25-14-28-45-43(38)39/h1-29H. The third-order valence-electron chi connectivity index (χ3n) is 9.59. The van der Waals surface area contributed by atoms with Gasteiger partial charge < -0.3 is 0 Å². The van der Waals surface area contributed by atoms with Crippen LogP contribution in [0.1, 0.15) is 22.3 Å². The van der Waals surface area contributed by atoms with Crippen molar-refractivity contribution in [2.24, 2.45) is 0 Å². The van der Waals surface area contributed by atoms with Gasteiger partial charge in [-0.25, -0.2) is 0 Å². The molecular formula is C44H29N. The molecule has 8 aromatic rings. The second-order valence-corrected chi connectivity index (χ2v) is 11.8. The van der Waals surface area contributed by atoms with Crippen molar-refractivity contribution in [1.29, 1.82) is 0 Å². The fourth-order valence-corrected chi connectivity index (χ4v) is 7.80. The molecule has 0 saturated carbocycles. The summed E-state index contributed by atoms with van der Waals surface area (Å²) in [6.45, 7) is 0. The SMILES string of the molecule is c1ccc(-c2c3ccccc3c(-c3ccc4c(c3)C(c3ccccc3)(c3ccccc3)c3cccnc3-4)c3ccccc23)cc1. The van der Waals surface area contributed by atoms with E-state index in [-0.39, 0.29) is 0 Å². The van der Waals surface area contributed by atoms with Crippen molar-refractivity contribution in [3.8, 4) is 33.5 Å². The first-order chi connectivity index (χ1) is 22.4. The molecule has 0 fully saturated rings. The Bertz CT molecular complexity index is 2260. The quantitative estimate of drug-likeness (QED) is 0.192. The maximum atomic E-state index is 4.99. The number of hydrogen-bond acceptors (Lipinski definition) is 1. The smallest absolute Gasteiger partial charge is 0.0753 e. The zero-order valence-electron chi connectivity index (χ0n) is 24.7. The van der Waals surface area contributed by atoms with E-state index in [0.29, 0.717) is 0 Å². The van der Waals surface area contributed by atoms with Gasteiger partial charge in [0, 0.05) is 11.8 Å². The van der Waals surface area contributed by atoms with E-state index in [1.165, 1.54) is 71.6 Å². The molecule has 0 spiro atoms. The Morgan fingerprint density at radius 3 is 1.42 bits per heavy atom. The van der Waals surface area contributed by atoms with Gasteiger partial charge in [0.1, 0.15) is 0 Å². The molecule has 0 unspecified atom stereocenters. The van der Waals surface area contributed by atoms with Crippen LogP contribution in [0.15, 0.2) is 176 Å². The molecule has 0 amide bonds. The number of hydrogen-bond donors (Lipinski definition) is 0. The summed E-state index contributed by atoms with van der Waals surface area (Å²) >= 11 is 0. The van der Waals surface area contributed by atoms with E-state index in [9.17, 15) is 0 Å².